The lowest BCUT2D eigenvalue weighted by atomic mass is 10.1. The highest BCUT2D eigenvalue weighted by Crippen LogP contribution is 2.30. The van der Waals surface area contributed by atoms with Crippen LogP contribution in [0.3, 0.4) is 0 Å². The molecule has 0 aliphatic rings. The molecule has 3 rings (SSSR count). The van der Waals surface area contributed by atoms with Crippen molar-refractivity contribution in [1.82, 2.24) is 9.55 Å². The largest absolute Gasteiger partial charge is 0.295 e. The topological polar surface area (TPSA) is 17.8 Å². The van der Waals surface area contributed by atoms with Gasteiger partial charge in [0.1, 0.15) is 5.82 Å². The van der Waals surface area contributed by atoms with E-state index in [9.17, 15) is 0 Å². The molecule has 0 bridgehead atoms. The van der Waals surface area contributed by atoms with Crippen LogP contribution in [-0.2, 0) is 0 Å². The molecule has 0 aliphatic carbocycles. The van der Waals surface area contributed by atoms with Gasteiger partial charge in [0.15, 0.2) is 0 Å². The molecule has 1 atom stereocenters. The molecule has 3 aromatic rings. The van der Waals surface area contributed by atoms with Gasteiger partial charge < -0.3 is 0 Å². The molecular formula is C18H19ClN2. The second-order valence-corrected chi connectivity index (χ2v) is 6.36. The Labute approximate surface area is 130 Å². The van der Waals surface area contributed by atoms with E-state index in [-0.39, 0.29) is 5.38 Å². The number of aryl methyl sites for hydroxylation is 3. The first-order valence-corrected chi connectivity index (χ1v) is 7.61. The summed E-state index contributed by atoms with van der Waals surface area (Å²) in [5, 5.41) is -0.141. The quantitative estimate of drug-likeness (QED) is 0.591. The van der Waals surface area contributed by atoms with E-state index in [1.165, 1.54) is 16.7 Å². The molecule has 0 spiro atoms. The minimum absolute atomic E-state index is 0.141. The van der Waals surface area contributed by atoms with Crippen LogP contribution in [0, 0.1) is 20.8 Å². The number of aromatic nitrogens is 2. The summed E-state index contributed by atoms with van der Waals surface area (Å²) < 4.78 is 2.20. The lowest BCUT2D eigenvalue weighted by Gasteiger charge is -2.14. The highest BCUT2D eigenvalue weighted by molar-refractivity contribution is 6.20. The Morgan fingerprint density at radius 1 is 1.00 bits per heavy atom. The van der Waals surface area contributed by atoms with E-state index >= 15 is 0 Å². The Morgan fingerprint density at radius 2 is 1.67 bits per heavy atom. The molecule has 1 heterocycles. The van der Waals surface area contributed by atoms with Gasteiger partial charge in [0, 0.05) is 0 Å². The summed E-state index contributed by atoms with van der Waals surface area (Å²) >= 11 is 6.38. The summed E-state index contributed by atoms with van der Waals surface area (Å²) in [6.07, 6.45) is 0. The zero-order chi connectivity index (χ0) is 15.1. The van der Waals surface area contributed by atoms with E-state index in [0.29, 0.717) is 0 Å². The summed E-state index contributed by atoms with van der Waals surface area (Å²) in [6, 6.07) is 12.8. The first-order chi connectivity index (χ1) is 9.97. The average Bonchev–Trinajstić information content (AvgIpc) is 2.80. The van der Waals surface area contributed by atoms with Crippen molar-refractivity contribution < 1.29 is 0 Å². The van der Waals surface area contributed by atoms with Crippen LogP contribution >= 0.6 is 11.6 Å². The summed E-state index contributed by atoms with van der Waals surface area (Å²) in [5.74, 6) is 0.894. The molecular weight excluding hydrogens is 280 g/mol. The fraction of sp³-hybridized carbons (Fsp3) is 0.278. The van der Waals surface area contributed by atoms with E-state index in [4.69, 9.17) is 16.6 Å². The number of nitrogens with zero attached hydrogens (tertiary/aromatic N) is 2. The molecule has 2 nitrogen and oxygen atoms in total. The average molecular weight is 299 g/mol. The number of hydrogen-bond donors (Lipinski definition) is 0. The second kappa shape index (κ2) is 5.19. The van der Waals surface area contributed by atoms with Crippen LogP contribution in [0.2, 0.25) is 0 Å². The van der Waals surface area contributed by atoms with E-state index in [1.54, 1.807) is 0 Å². The van der Waals surface area contributed by atoms with Gasteiger partial charge in [0.25, 0.3) is 0 Å². The number of hydrogen-bond acceptors (Lipinski definition) is 1. The SMILES string of the molecule is Cc1ccc(C)c(-n2c(C(C)Cl)nc3ccc(C)cc32)c1. The molecule has 108 valence electrons. The number of halogens is 1. The van der Waals surface area contributed by atoms with E-state index in [1.807, 2.05) is 6.92 Å². The maximum absolute atomic E-state index is 6.38. The normalized spacial score (nSPS) is 12.8. The third-order valence-electron chi connectivity index (χ3n) is 3.80. The van der Waals surface area contributed by atoms with Crippen molar-refractivity contribution in [3.8, 4) is 5.69 Å². The molecule has 0 radical (unpaired) electrons. The number of alkyl halides is 1. The minimum atomic E-state index is -0.141. The molecule has 0 amide bonds. The van der Waals surface area contributed by atoms with E-state index < -0.39 is 0 Å². The standard InChI is InChI=1S/C18H19ClN2/c1-11-5-7-13(3)16(9-11)21-17-10-12(2)6-8-15(17)20-18(21)14(4)19/h5-10,14H,1-4H3. The maximum Gasteiger partial charge on any atom is 0.132 e. The molecule has 1 aromatic heterocycles. The summed E-state index contributed by atoms with van der Waals surface area (Å²) in [4.78, 5) is 4.73. The van der Waals surface area contributed by atoms with Crippen molar-refractivity contribution in [2.75, 3.05) is 0 Å². The Balaban J connectivity index is 2.41. The molecule has 21 heavy (non-hydrogen) atoms. The third-order valence-corrected chi connectivity index (χ3v) is 3.99. The summed E-state index contributed by atoms with van der Waals surface area (Å²) in [7, 11) is 0. The maximum atomic E-state index is 6.38. The lowest BCUT2D eigenvalue weighted by molar-refractivity contribution is 0.877. The van der Waals surface area contributed by atoms with Crippen molar-refractivity contribution in [2.45, 2.75) is 33.1 Å². The fourth-order valence-corrected chi connectivity index (χ4v) is 2.83. The highest BCUT2D eigenvalue weighted by atomic mass is 35.5. The van der Waals surface area contributed by atoms with Crippen molar-refractivity contribution >= 4 is 22.6 Å². The zero-order valence-corrected chi connectivity index (χ0v) is 13.6. The predicted molar refractivity (Wildman–Crippen MR) is 89.5 cm³/mol. The van der Waals surface area contributed by atoms with Crippen molar-refractivity contribution in [1.29, 1.82) is 0 Å². The van der Waals surface area contributed by atoms with E-state index in [0.717, 1.165) is 22.5 Å². The van der Waals surface area contributed by atoms with Gasteiger partial charge in [-0.15, -0.1) is 11.6 Å². The van der Waals surface area contributed by atoms with Gasteiger partial charge in [0.05, 0.1) is 22.1 Å². The van der Waals surface area contributed by atoms with Crippen LogP contribution in [0.25, 0.3) is 16.7 Å². The first-order valence-electron chi connectivity index (χ1n) is 7.18. The van der Waals surface area contributed by atoms with Crippen molar-refractivity contribution in [2.24, 2.45) is 0 Å². The fourth-order valence-electron chi connectivity index (χ4n) is 2.68. The van der Waals surface area contributed by atoms with Gasteiger partial charge in [-0.05, 0) is 62.6 Å². The first kappa shape index (κ1) is 14.2. The van der Waals surface area contributed by atoms with Gasteiger partial charge >= 0.3 is 0 Å². The Kier molecular flexibility index (Phi) is 3.50. The molecule has 2 aromatic carbocycles. The number of fused-ring (bicyclic) bond motifs is 1. The number of benzene rings is 2. The third kappa shape index (κ3) is 2.44. The predicted octanol–water partition coefficient (Wildman–Crippen LogP) is 5.25. The molecule has 0 saturated carbocycles. The molecule has 1 unspecified atom stereocenters. The summed E-state index contributed by atoms with van der Waals surface area (Å²) in [6.45, 7) is 8.30. The molecule has 0 N–H and O–H groups in total. The van der Waals surface area contributed by atoms with Crippen LogP contribution in [0.4, 0.5) is 0 Å². The van der Waals surface area contributed by atoms with Crippen molar-refractivity contribution in [3.63, 3.8) is 0 Å². The van der Waals surface area contributed by atoms with Gasteiger partial charge in [-0.2, -0.15) is 0 Å². The van der Waals surface area contributed by atoms with Gasteiger partial charge in [-0.1, -0.05) is 18.2 Å². The smallest absolute Gasteiger partial charge is 0.132 e. The Morgan fingerprint density at radius 3 is 2.38 bits per heavy atom. The van der Waals surface area contributed by atoms with Crippen molar-refractivity contribution in [3.05, 3.63) is 58.9 Å². The number of rotatable bonds is 2. The summed E-state index contributed by atoms with van der Waals surface area (Å²) in [5.41, 5.74) is 6.95. The van der Waals surface area contributed by atoms with Crippen LogP contribution in [-0.4, -0.2) is 9.55 Å². The zero-order valence-electron chi connectivity index (χ0n) is 12.8. The lowest BCUT2D eigenvalue weighted by Crippen LogP contribution is -2.04. The number of imidazole rings is 1. The molecule has 0 saturated heterocycles. The highest BCUT2D eigenvalue weighted by Gasteiger charge is 2.17. The minimum Gasteiger partial charge on any atom is -0.295 e. The monoisotopic (exact) mass is 298 g/mol. The van der Waals surface area contributed by atoms with Crippen LogP contribution in [0.1, 0.15) is 34.8 Å². The molecule has 0 aliphatic heterocycles. The Hall–Kier alpha value is -1.80. The van der Waals surface area contributed by atoms with Crippen LogP contribution in [0.15, 0.2) is 36.4 Å². The molecule has 3 heteroatoms. The van der Waals surface area contributed by atoms with Gasteiger partial charge in [-0.25, -0.2) is 4.98 Å². The Bertz CT molecular complexity index is 815. The van der Waals surface area contributed by atoms with Gasteiger partial charge in [-0.3, -0.25) is 4.57 Å². The molecule has 0 fully saturated rings. The van der Waals surface area contributed by atoms with Crippen LogP contribution in [0.5, 0.6) is 0 Å². The van der Waals surface area contributed by atoms with E-state index in [2.05, 4.69) is 61.7 Å². The second-order valence-electron chi connectivity index (χ2n) is 5.70. The van der Waals surface area contributed by atoms with Crippen LogP contribution < -0.4 is 0 Å². The van der Waals surface area contributed by atoms with Gasteiger partial charge in [0.2, 0.25) is 0 Å².